The van der Waals surface area contributed by atoms with Gasteiger partial charge in [0, 0.05) is 6.42 Å². The maximum atomic E-state index is 10.9. The van der Waals surface area contributed by atoms with Gasteiger partial charge in [-0.25, -0.2) is 0 Å². The van der Waals surface area contributed by atoms with E-state index in [2.05, 4.69) is 0 Å². The van der Waals surface area contributed by atoms with Gasteiger partial charge in [0.15, 0.2) is 0 Å². The number of aliphatic carboxylic acids is 1. The van der Waals surface area contributed by atoms with Crippen LogP contribution >= 0.6 is 0 Å². The molecule has 3 aromatic carbocycles. The van der Waals surface area contributed by atoms with E-state index >= 15 is 0 Å². The SMILES string of the molecule is O=C(O)CCc1ccc(-c2ccccc2)cc1Oc1ccccc1. The molecule has 0 amide bonds. The second-order valence-corrected chi connectivity index (χ2v) is 5.50. The van der Waals surface area contributed by atoms with E-state index in [9.17, 15) is 4.79 Å². The second-order valence-electron chi connectivity index (χ2n) is 5.50. The molecule has 0 saturated heterocycles. The van der Waals surface area contributed by atoms with Crippen molar-refractivity contribution in [2.45, 2.75) is 12.8 Å². The summed E-state index contributed by atoms with van der Waals surface area (Å²) in [7, 11) is 0. The van der Waals surface area contributed by atoms with Crippen LogP contribution in [-0.4, -0.2) is 11.1 Å². The number of carbonyl (C=O) groups is 1. The third-order valence-corrected chi connectivity index (χ3v) is 3.75. The van der Waals surface area contributed by atoms with Crippen molar-refractivity contribution >= 4 is 5.97 Å². The highest BCUT2D eigenvalue weighted by molar-refractivity contribution is 5.69. The average Bonchev–Trinajstić information content (AvgIpc) is 2.62. The standard InChI is InChI=1S/C21H18O3/c22-21(23)14-13-17-11-12-18(16-7-3-1-4-8-16)15-20(17)24-19-9-5-2-6-10-19/h1-12,15H,13-14H2,(H,22,23). The Hall–Kier alpha value is -3.07. The van der Waals surface area contributed by atoms with E-state index in [4.69, 9.17) is 9.84 Å². The van der Waals surface area contributed by atoms with E-state index < -0.39 is 5.97 Å². The average molecular weight is 318 g/mol. The normalized spacial score (nSPS) is 10.3. The zero-order valence-electron chi connectivity index (χ0n) is 13.2. The Kier molecular flexibility index (Phi) is 4.92. The number of para-hydroxylation sites is 1. The molecule has 0 aliphatic heterocycles. The first-order chi connectivity index (χ1) is 11.7. The Bertz CT molecular complexity index is 811. The molecular formula is C21H18O3. The van der Waals surface area contributed by atoms with Gasteiger partial charge in [0.2, 0.25) is 0 Å². The number of carboxylic acid groups (broad SMARTS) is 1. The quantitative estimate of drug-likeness (QED) is 0.682. The molecular weight excluding hydrogens is 300 g/mol. The molecule has 120 valence electrons. The van der Waals surface area contributed by atoms with E-state index in [0.717, 1.165) is 22.4 Å². The summed E-state index contributed by atoms with van der Waals surface area (Å²) in [5.41, 5.74) is 3.03. The van der Waals surface area contributed by atoms with Crippen molar-refractivity contribution in [1.82, 2.24) is 0 Å². The lowest BCUT2D eigenvalue weighted by Gasteiger charge is -2.13. The first-order valence-corrected chi connectivity index (χ1v) is 7.85. The van der Waals surface area contributed by atoms with Crippen LogP contribution in [0, 0.1) is 0 Å². The molecule has 1 N–H and O–H groups in total. The van der Waals surface area contributed by atoms with Crippen molar-refractivity contribution in [3.8, 4) is 22.6 Å². The zero-order chi connectivity index (χ0) is 16.8. The van der Waals surface area contributed by atoms with E-state index in [1.165, 1.54) is 0 Å². The summed E-state index contributed by atoms with van der Waals surface area (Å²) in [5, 5.41) is 8.95. The number of benzene rings is 3. The summed E-state index contributed by atoms with van der Waals surface area (Å²) in [4.78, 5) is 10.9. The molecule has 0 fully saturated rings. The van der Waals surface area contributed by atoms with E-state index in [-0.39, 0.29) is 6.42 Å². The number of ether oxygens (including phenoxy) is 1. The van der Waals surface area contributed by atoms with Crippen molar-refractivity contribution in [1.29, 1.82) is 0 Å². The predicted molar refractivity (Wildman–Crippen MR) is 94.4 cm³/mol. The molecule has 3 rings (SSSR count). The summed E-state index contributed by atoms with van der Waals surface area (Å²) < 4.78 is 6.01. The Balaban J connectivity index is 1.95. The summed E-state index contributed by atoms with van der Waals surface area (Å²) in [5.74, 6) is 0.621. The molecule has 0 unspecified atom stereocenters. The fraction of sp³-hybridized carbons (Fsp3) is 0.0952. The lowest BCUT2D eigenvalue weighted by molar-refractivity contribution is -0.136. The van der Waals surface area contributed by atoms with Crippen LogP contribution in [0.25, 0.3) is 11.1 Å². The molecule has 3 nitrogen and oxygen atoms in total. The largest absolute Gasteiger partial charge is 0.481 e. The number of hydrogen-bond acceptors (Lipinski definition) is 2. The van der Waals surface area contributed by atoms with Crippen LogP contribution in [0.3, 0.4) is 0 Å². The Labute approximate surface area is 141 Å². The monoisotopic (exact) mass is 318 g/mol. The van der Waals surface area contributed by atoms with Crippen LogP contribution < -0.4 is 4.74 Å². The van der Waals surface area contributed by atoms with Gasteiger partial charge in [-0.15, -0.1) is 0 Å². The lowest BCUT2D eigenvalue weighted by atomic mass is 10.0. The highest BCUT2D eigenvalue weighted by Crippen LogP contribution is 2.31. The molecule has 24 heavy (non-hydrogen) atoms. The third kappa shape index (κ3) is 4.02. The van der Waals surface area contributed by atoms with Gasteiger partial charge in [-0.05, 0) is 41.3 Å². The van der Waals surface area contributed by atoms with Crippen molar-refractivity contribution < 1.29 is 14.6 Å². The second kappa shape index (κ2) is 7.47. The number of rotatable bonds is 6. The molecule has 0 heterocycles. The maximum absolute atomic E-state index is 10.9. The molecule has 0 bridgehead atoms. The van der Waals surface area contributed by atoms with Gasteiger partial charge in [0.05, 0.1) is 0 Å². The fourth-order valence-electron chi connectivity index (χ4n) is 2.52. The maximum Gasteiger partial charge on any atom is 0.303 e. The highest BCUT2D eigenvalue weighted by Gasteiger charge is 2.10. The zero-order valence-corrected chi connectivity index (χ0v) is 13.2. The fourth-order valence-corrected chi connectivity index (χ4v) is 2.52. The van der Waals surface area contributed by atoms with Gasteiger partial charge in [0.1, 0.15) is 11.5 Å². The van der Waals surface area contributed by atoms with Crippen LogP contribution in [0.2, 0.25) is 0 Å². The van der Waals surface area contributed by atoms with Crippen LogP contribution in [0.4, 0.5) is 0 Å². The van der Waals surface area contributed by atoms with E-state index in [0.29, 0.717) is 12.2 Å². The molecule has 0 aromatic heterocycles. The summed E-state index contributed by atoms with van der Waals surface area (Å²) in [6, 6.07) is 25.5. The summed E-state index contributed by atoms with van der Waals surface area (Å²) in [6.45, 7) is 0. The highest BCUT2D eigenvalue weighted by atomic mass is 16.5. The minimum Gasteiger partial charge on any atom is -0.481 e. The van der Waals surface area contributed by atoms with Crippen molar-refractivity contribution in [3.63, 3.8) is 0 Å². The van der Waals surface area contributed by atoms with Crippen molar-refractivity contribution in [2.24, 2.45) is 0 Å². The van der Waals surface area contributed by atoms with Crippen LogP contribution in [0.5, 0.6) is 11.5 Å². The van der Waals surface area contributed by atoms with Crippen LogP contribution in [0.1, 0.15) is 12.0 Å². The van der Waals surface area contributed by atoms with Gasteiger partial charge in [-0.1, -0.05) is 60.7 Å². The number of hydrogen-bond donors (Lipinski definition) is 1. The minimum absolute atomic E-state index is 0.0792. The first kappa shape index (κ1) is 15.8. The number of carboxylic acids is 1. The molecule has 0 aliphatic rings. The Morgan fingerprint density at radius 2 is 1.50 bits per heavy atom. The van der Waals surface area contributed by atoms with Crippen LogP contribution in [0.15, 0.2) is 78.9 Å². The molecule has 0 radical (unpaired) electrons. The number of aryl methyl sites for hydroxylation is 1. The van der Waals surface area contributed by atoms with Gasteiger partial charge in [0.25, 0.3) is 0 Å². The van der Waals surface area contributed by atoms with Crippen molar-refractivity contribution in [3.05, 3.63) is 84.4 Å². The van der Waals surface area contributed by atoms with E-state index in [1.54, 1.807) is 0 Å². The molecule has 3 heteroatoms. The minimum atomic E-state index is -0.812. The van der Waals surface area contributed by atoms with Gasteiger partial charge >= 0.3 is 5.97 Å². The molecule has 0 saturated carbocycles. The molecule has 0 spiro atoms. The Morgan fingerprint density at radius 3 is 2.17 bits per heavy atom. The Morgan fingerprint density at radius 1 is 0.833 bits per heavy atom. The van der Waals surface area contributed by atoms with Gasteiger partial charge < -0.3 is 9.84 Å². The third-order valence-electron chi connectivity index (χ3n) is 3.75. The molecule has 0 aliphatic carbocycles. The topological polar surface area (TPSA) is 46.5 Å². The predicted octanol–water partition coefficient (Wildman–Crippen LogP) is 5.16. The van der Waals surface area contributed by atoms with Crippen LogP contribution in [-0.2, 0) is 11.2 Å². The molecule has 0 atom stereocenters. The first-order valence-electron chi connectivity index (χ1n) is 7.85. The van der Waals surface area contributed by atoms with E-state index in [1.807, 2.05) is 78.9 Å². The van der Waals surface area contributed by atoms with Crippen molar-refractivity contribution in [2.75, 3.05) is 0 Å². The smallest absolute Gasteiger partial charge is 0.303 e. The summed E-state index contributed by atoms with van der Waals surface area (Å²) in [6.07, 6.45) is 0.516. The lowest BCUT2D eigenvalue weighted by Crippen LogP contribution is -1.99. The summed E-state index contributed by atoms with van der Waals surface area (Å²) >= 11 is 0. The van der Waals surface area contributed by atoms with Gasteiger partial charge in [-0.2, -0.15) is 0 Å². The molecule has 3 aromatic rings. The van der Waals surface area contributed by atoms with Gasteiger partial charge in [-0.3, -0.25) is 4.79 Å².